The van der Waals surface area contributed by atoms with Gasteiger partial charge in [-0.2, -0.15) is 0 Å². The molecule has 6 heteroatoms. The number of ether oxygens (including phenoxy) is 2. The van der Waals surface area contributed by atoms with Gasteiger partial charge in [0.05, 0.1) is 17.2 Å². The first-order valence-corrected chi connectivity index (χ1v) is 6.48. The fourth-order valence-corrected chi connectivity index (χ4v) is 2.52. The summed E-state index contributed by atoms with van der Waals surface area (Å²) in [6.07, 6.45) is -0.110. The molecule has 2 rings (SSSR count). The second kappa shape index (κ2) is 5.18. The second-order valence-corrected chi connectivity index (χ2v) is 5.07. The minimum atomic E-state index is -1.32. The first-order valence-electron chi connectivity index (χ1n) is 5.16. The minimum Gasteiger partial charge on any atom is -0.486 e. The third-order valence-electron chi connectivity index (χ3n) is 2.28. The van der Waals surface area contributed by atoms with Crippen molar-refractivity contribution in [2.45, 2.75) is 11.3 Å². The molecule has 17 heavy (non-hydrogen) atoms. The lowest BCUT2D eigenvalue weighted by atomic mass is 10.3. The molecular formula is C11H12O5S. The summed E-state index contributed by atoms with van der Waals surface area (Å²) in [7, 11) is -1.32. The first-order chi connectivity index (χ1) is 8.16. The lowest BCUT2D eigenvalue weighted by Crippen LogP contribution is -2.15. The van der Waals surface area contributed by atoms with Gasteiger partial charge in [0.15, 0.2) is 11.5 Å². The van der Waals surface area contributed by atoms with Gasteiger partial charge in [-0.1, -0.05) is 0 Å². The normalized spacial score (nSPS) is 15.3. The molecule has 0 aromatic heterocycles. The van der Waals surface area contributed by atoms with Crippen molar-refractivity contribution in [1.29, 1.82) is 0 Å². The predicted molar refractivity (Wildman–Crippen MR) is 61.0 cm³/mol. The van der Waals surface area contributed by atoms with Gasteiger partial charge in [0.2, 0.25) is 0 Å². The van der Waals surface area contributed by atoms with Crippen LogP contribution in [0.2, 0.25) is 0 Å². The number of carboxylic acid groups (broad SMARTS) is 1. The van der Waals surface area contributed by atoms with Crippen LogP contribution in [0.4, 0.5) is 0 Å². The largest absolute Gasteiger partial charge is 0.486 e. The van der Waals surface area contributed by atoms with E-state index in [1.165, 1.54) is 0 Å². The van der Waals surface area contributed by atoms with Gasteiger partial charge in [-0.05, 0) is 12.1 Å². The maximum atomic E-state index is 11.8. The monoisotopic (exact) mass is 256 g/mol. The van der Waals surface area contributed by atoms with Gasteiger partial charge in [-0.25, -0.2) is 0 Å². The number of rotatable bonds is 4. The summed E-state index contributed by atoms with van der Waals surface area (Å²) in [6, 6.07) is 5.01. The van der Waals surface area contributed by atoms with E-state index in [2.05, 4.69) is 0 Å². The summed E-state index contributed by atoms with van der Waals surface area (Å²) in [6.45, 7) is 0.979. The molecule has 92 valence electrons. The van der Waals surface area contributed by atoms with Gasteiger partial charge < -0.3 is 14.6 Å². The summed E-state index contributed by atoms with van der Waals surface area (Å²) in [5.74, 6) is 0.359. The highest BCUT2D eigenvalue weighted by Gasteiger charge is 2.14. The van der Waals surface area contributed by atoms with Crippen LogP contribution < -0.4 is 9.47 Å². The number of benzene rings is 1. The molecule has 0 radical (unpaired) electrons. The molecule has 1 unspecified atom stereocenters. The molecule has 0 spiro atoms. The van der Waals surface area contributed by atoms with Gasteiger partial charge in [0.25, 0.3) is 0 Å². The molecule has 0 saturated heterocycles. The minimum absolute atomic E-state index is 0.106. The average Bonchev–Trinajstić information content (AvgIpc) is 2.35. The predicted octanol–water partition coefficient (Wildman–Crippen LogP) is 1.04. The molecule has 1 aromatic carbocycles. The molecule has 1 aromatic rings. The molecule has 5 nitrogen and oxygen atoms in total. The quantitative estimate of drug-likeness (QED) is 0.871. The SMILES string of the molecule is O=C(O)CCS(=O)c1ccc2c(c1)OCCO2. The third kappa shape index (κ3) is 2.97. The van der Waals surface area contributed by atoms with Crippen molar-refractivity contribution in [2.24, 2.45) is 0 Å². The van der Waals surface area contributed by atoms with Crippen molar-refractivity contribution in [3.8, 4) is 11.5 Å². The molecule has 1 aliphatic rings. The van der Waals surface area contributed by atoms with Crippen LogP contribution in [0.1, 0.15) is 6.42 Å². The lowest BCUT2D eigenvalue weighted by molar-refractivity contribution is -0.136. The standard InChI is InChI=1S/C11H12O5S/c12-11(13)3-6-17(14)8-1-2-9-10(7-8)16-5-4-15-9/h1-2,7H,3-6H2,(H,12,13). The Labute approximate surface area is 101 Å². The Morgan fingerprint density at radius 3 is 2.71 bits per heavy atom. The molecule has 0 aliphatic carbocycles. The number of hydrogen-bond donors (Lipinski definition) is 1. The van der Waals surface area contributed by atoms with Crippen LogP contribution in [0.5, 0.6) is 11.5 Å². The first kappa shape index (κ1) is 11.9. The van der Waals surface area contributed by atoms with E-state index in [1.807, 2.05) is 0 Å². The van der Waals surface area contributed by atoms with E-state index in [1.54, 1.807) is 18.2 Å². The highest BCUT2D eigenvalue weighted by Crippen LogP contribution is 2.31. The van der Waals surface area contributed by atoms with Crippen LogP contribution in [-0.2, 0) is 15.6 Å². The van der Waals surface area contributed by atoms with E-state index in [0.717, 1.165) is 0 Å². The molecule has 0 bridgehead atoms. The lowest BCUT2D eigenvalue weighted by Gasteiger charge is -2.18. The summed E-state index contributed by atoms with van der Waals surface area (Å²) in [4.78, 5) is 11.0. The topological polar surface area (TPSA) is 72.8 Å². The van der Waals surface area contributed by atoms with E-state index >= 15 is 0 Å². The molecular weight excluding hydrogens is 244 g/mol. The fourth-order valence-electron chi connectivity index (χ4n) is 1.46. The highest BCUT2D eigenvalue weighted by atomic mass is 32.2. The van der Waals surface area contributed by atoms with Crippen molar-refractivity contribution < 1.29 is 23.6 Å². The maximum Gasteiger partial charge on any atom is 0.304 e. The van der Waals surface area contributed by atoms with Crippen LogP contribution in [0.25, 0.3) is 0 Å². The van der Waals surface area contributed by atoms with Gasteiger partial charge in [0.1, 0.15) is 13.2 Å². The van der Waals surface area contributed by atoms with Crippen LogP contribution >= 0.6 is 0 Å². The maximum absolute atomic E-state index is 11.8. The number of aliphatic carboxylic acids is 1. The zero-order valence-corrected chi connectivity index (χ0v) is 9.87. The van der Waals surface area contributed by atoms with Gasteiger partial charge in [-0.3, -0.25) is 9.00 Å². The van der Waals surface area contributed by atoms with Crippen molar-refractivity contribution >= 4 is 16.8 Å². The Hall–Kier alpha value is -1.56. The zero-order chi connectivity index (χ0) is 12.3. The number of hydrogen-bond acceptors (Lipinski definition) is 4. The van der Waals surface area contributed by atoms with Crippen LogP contribution in [-0.4, -0.2) is 34.3 Å². The molecule has 1 atom stereocenters. The van der Waals surface area contributed by atoms with Crippen LogP contribution in [0.3, 0.4) is 0 Å². The van der Waals surface area contributed by atoms with E-state index in [0.29, 0.717) is 29.6 Å². The Morgan fingerprint density at radius 1 is 1.29 bits per heavy atom. The Bertz CT molecular complexity index is 457. The Morgan fingerprint density at radius 2 is 2.00 bits per heavy atom. The third-order valence-corrected chi connectivity index (χ3v) is 3.63. The van der Waals surface area contributed by atoms with Gasteiger partial charge in [0, 0.05) is 16.7 Å². The smallest absolute Gasteiger partial charge is 0.304 e. The van der Waals surface area contributed by atoms with E-state index in [4.69, 9.17) is 14.6 Å². The number of fused-ring (bicyclic) bond motifs is 1. The van der Waals surface area contributed by atoms with Crippen LogP contribution in [0, 0.1) is 0 Å². The number of carbonyl (C=O) groups is 1. The van der Waals surface area contributed by atoms with Crippen molar-refractivity contribution in [3.05, 3.63) is 18.2 Å². The zero-order valence-electron chi connectivity index (χ0n) is 9.05. The molecule has 0 fully saturated rings. The summed E-state index contributed by atoms with van der Waals surface area (Å²) < 4.78 is 22.5. The van der Waals surface area contributed by atoms with Crippen molar-refractivity contribution in [3.63, 3.8) is 0 Å². The summed E-state index contributed by atoms with van der Waals surface area (Å²) in [5, 5.41) is 8.52. The van der Waals surface area contributed by atoms with Crippen LogP contribution in [0.15, 0.2) is 23.1 Å². The van der Waals surface area contributed by atoms with Crippen molar-refractivity contribution in [1.82, 2.24) is 0 Å². The summed E-state index contributed by atoms with van der Waals surface area (Å²) >= 11 is 0. The average molecular weight is 256 g/mol. The Balaban J connectivity index is 2.11. The molecule has 0 saturated carbocycles. The van der Waals surface area contributed by atoms with Gasteiger partial charge in [-0.15, -0.1) is 0 Å². The summed E-state index contributed by atoms with van der Waals surface area (Å²) in [5.41, 5.74) is 0. The highest BCUT2D eigenvalue weighted by molar-refractivity contribution is 7.85. The molecule has 1 N–H and O–H groups in total. The van der Waals surface area contributed by atoms with E-state index in [9.17, 15) is 9.00 Å². The number of carboxylic acids is 1. The molecule has 0 amide bonds. The second-order valence-electron chi connectivity index (χ2n) is 3.50. The van der Waals surface area contributed by atoms with Gasteiger partial charge >= 0.3 is 5.97 Å². The van der Waals surface area contributed by atoms with E-state index in [-0.39, 0.29) is 12.2 Å². The Kier molecular flexibility index (Phi) is 3.63. The fraction of sp³-hybridized carbons (Fsp3) is 0.364. The van der Waals surface area contributed by atoms with E-state index < -0.39 is 16.8 Å². The molecule has 1 aliphatic heterocycles. The molecule has 1 heterocycles. The van der Waals surface area contributed by atoms with Crippen molar-refractivity contribution in [2.75, 3.05) is 19.0 Å².